The van der Waals surface area contributed by atoms with Crippen LogP contribution in [0.3, 0.4) is 0 Å². The smallest absolute Gasteiger partial charge is 0.333 e. The number of ether oxygens (including phenoxy) is 1. The second-order valence-corrected chi connectivity index (χ2v) is 4.86. The Hall–Kier alpha value is -0.870. The minimum atomic E-state index is -0.851. The molecule has 4 heteroatoms. The van der Waals surface area contributed by atoms with Crippen LogP contribution in [0.2, 0.25) is 0 Å². The monoisotopic (exact) mass is 228 g/mol. The Morgan fingerprint density at radius 3 is 1.75 bits per heavy atom. The highest BCUT2D eigenvalue weighted by Crippen LogP contribution is 2.32. The summed E-state index contributed by atoms with van der Waals surface area (Å²) in [6.07, 6.45) is -0.712. The molecule has 0 aliphatic rings. The molecule has 16 heavy (non-hydrogen) atoms. The molecule has 0 fully saturated rings. The van der Waals surface area contributed by atoms with Gasteiger partial charge in [-0.25, -0.2) is 4.79 Å². The molecule has 0 rings (SSSR count). The van der Waals surface area contributed by atoms with Crippen molar-refractivity contribution in [2.75, 3.05) is 0 Å². The summed E-state index contributed by atoms with van der Waals surface area (Å²) in [5, 5.41) is 0. The molecule has 0 aromatic rings. The first-order valence-corrected chi connectivity index (χ1v) is 5.56. The van der Waals surface area contributed by atoms with Gasteiger partial charge in [0, 0.05) is 5.57 Å². The van der Waals surface area contributed by atoms with E-state index in [0.29, 0.717) is 5.57 Å². The molecule has 0 spiro atoms. The Morgan fingerprint density at radius 2 is 1.56 bits per heavy atom. The zero-order valence-electron chi connectivity index (χ0n) is 10.9. The number of nitrogens with two attached hydrogens (primary N) is 2. The van der Waals surface area contributed by atoms with Gasteiger partial charge >= 0.3 is 5.97 Å². The summed E-state index contributed by atoms with van der Waals surface area (Å²) in [5.41, 5.74) is 11.1. The number of rotatable bonds is 5. The van der Waals surface area contributed by atoms with Crippen molar-refractivity contribution in [1.82, 2.24) is 0 Å². The lowest BCUT2D eigenvalue weighted by Crippen LogP contribution is -2.62. The van der Waals surface area contributed by atoms with Crippen LogP contribution in [-0.4, -0.2) is 17.7 Å². The van der Waals surface area contributed by atoms with Gasteiger partial charge in [0.05, 0.1) is 6.17 Å². The number of hydrogen-bond donors (Lipinski definition) is 2. The van der Waals surface area contributed by atoms with Gasteiger partial charge in [0.1, 0.15) is 5.60 Å². The van der Waals surface area contributed by atoms with Crippen LogP contribution in [0.5, 0.6) is 0 Å². The molecule has 0 saturated carbocycles. The molecule has 0 heterocycles. The molecule has 4 nitrogen and oxygen atoms in total. The van der Waals surface area contributed by atoms with Crippen molar-refractivity contribution < 1.29 is 9.53 Å². The minimum absolute atomic E-state index is 0.0378. The molecule has 0 aromatic carbocycles. The van der Waals surface area contributed by atoms with Gasteiger partial charge in [0.2, 0.25) is 0 Å². The summed E-state index contributed by atoms with van der Waals surface area (Å²) in [4.78, 5) is 11.6. The maximum absolute atomic E-state index is 11.6. The van der Waals surface area contributed by atoms with Gasteiger partial charge in [-0.1, -0.05) is 34.3 Å². The van der Waals surface area contributed by atoms with Gasteiger partial charge in [0.25, 0.3) is 0 Å². The summed E-state index contributed by atoms with van der Waals surface area (Å²) >= 11 is 0. The Kier molecular flexibility index (Phi) is 5.16. The van der Waals surface area contributed by atoms with E-state index >= 15 is 0 Å². The SMILES string of the molecule is C=C(C)C(=O)OC(C(C)C)(C(C)C)C(N)N. The average molecular weight is 228 g/mol. The van der Waals surface area contributed by atoms with E-state index in [4.69, 9.17) is 16.2 Å². The quantitative estimate of drug-likeness (QED) is 0.423. The summed E-state index contributed by atoms with van der Waals surface area (Å²) in [7, 11) is 0. The maximum Gasteiger partial charge on any atom is 0.333 e. The van der Waals surface area contributed by atoms with Crippen molar-refractivity contribution >= 4 is 5.97 Å². The molecule has 0 radical (unpaired) electrons. The zero-order valence-corrected chi connectivity index (χ0v) is 10.9. The first-order valence-electron chi connectivity index (χ1n) is 5.56. The summed E-state index contributed by atoms with van der Waals surface area (Å²) in [5.74, 6) is -0.366. The molecule has 0 unspecified atom stereocenters. The molecule has 0 aliphatic carbocycles. The number of carbonyl (C=O) groups excluding carboxylic acids is 1. The molecule has 0 bridgehead atoms. The van der Waals surface area contributed by atoms with Gasteiger partial charge in [-0.2, -0.15) is 0 Å². The van der Waals surface area contributed by atoms with E-state index in [0.717, 1.165) is 0 Å². The van der Waals surface area contributed by atoms with Crippen LogP contribution in [0.15, 0.2) is 12.2 Å². The van der Waals surface area contributed by atoms with Crippen LogP contribution in [0, 0.1) is 11.8 Å². The van der Waals surface area contributed by atoms with E-state index < -0.39 is 17.7 Å². The molecular formula is C12H24N2O2. The molecule has 0 saturated heterocycles. The molecule has 0 amide bonds. The molecule has 0 aromatic heterocycles. The van der Waals surface area contributed by atoms with E-state index in [1.165, 1.54) is 0 Å². The van der Waals surface area contributed by atoms with Crippen molar-refractivity contribution in [3.8, 4) is 0 Å². The van der Waals surface area contributed by atoms with Crippen molar-refractivity contribution in [3.05, 3.63) is 12.2 Å². The van der Waals surface area contributed by atoms with Gasteiger partial charge in [0.15, 0.2) is 0 Å². The van der Waals surface area contributed by atoms with Crippen LogP contribution in [0.1, 0.15) is 34.6 Å². The van der Waals surface area contributed by atoms with Gasteiger partial charge < -0.3 is 16.2 Å². The normalized spacial score (nSPS) is 12.4. The highest BCUT2D eigenvalue weighted by atomic mass is 16.6. The third-order valence-corrected chi connectivity index (χ3v) is 2.94. The predicted molar refractivity (Wildman–Crippen MR) is 65.5 cm³/mol. The summed E-state index contributed by atoms with van der Waals surface area (Å²) < 4.78 is 5.50. The number of carbonyl (C=O) groups is 1. The maximum atomic E-state index is 11.6. The Balaban J connectivity index is 5.21. The topological polar surface area (TPSA) is 78.3 Å². The van der Waals surface area contributed by atoms with Crippen LogP contribution >= 0.6 is 0 Å². The Labute approximate surface area is 98.0 Å². The molecule has 0 atom stereocenters. The third kappa shape index (κ3) is 2.83. The van der Waals surface area contributed by atoms with E-state index in [-0.39, 0.29) is 11.8 Å². The third-order valence-electron chi connectivity index (χ3n) is 2.94. The van der Waals surface area contributed by atoms with Crippen molar-refractivity contribution in [3.63, 3.8) is 0 Å². The van der Waals surface area contributed by atoms with Gasteiger partial charge in [-0.3, -0.25) is 0 Å². The average Bonchev–Trinajstić information content (AvgIpc) is 2.11. The van der Waals surface area contributed by atoms with Crippen LogP contribution in [0.4, 0.5) is 0 Å². The fourth-order valence-corrected chi connectivity index (χ4v) is 1.99. The molecule has 0 aliphatic heterocycles. The fraction of sp³-hybridized carbons (Fsp3) is 0.750. The molecule has 4 N–H and O–H groups in total. The van der Waals surface area contributed by atoms with Gasteiger partial charge in [-0.15, -0.1) is 0 Å². The lowest BCUT2D eigenvalue weighted by molar-refractivity contribution is -0.171. The standard InChI is InChI=1S/C12H24N2O2/c1-7(2)10(15)16-12(8(3)4,9(5)6)11(13)14/h8-9,11H,1,13-14H2,2-6H3. The zero-order chi connectivity index (χ0) is 13.1. The lowest BCUT2D eigenvalue weighted by atomic mass is 9.78. The van der Waals surface area contributed by atoms with Crippen molar-refractivity contribution in [2.24, 2.45) is 23.3 Å². The van der Waals surface area contributed by atoms with E-state index in [1.54, 1.807) is 6.92 Å². The van der Waals surface area contributed by atoms with Gasteiger partial charge in [-0.05, 0) is 18.8 Å². The van der Waals surface area contributed by atoms with Crippen LogP contribution in [-0.2, 0) is 9.53 Å². The number of esters is 1. The Bertz CT molecular complexity index is 248. The molecular weight excluding hydrogens is 204 g/mol. The second kappa shape index (κ2) is 5.46. The van der Waals surface area contributed by atoms with Crippen LogP contribution in [0.25, 0.3) is 0 Å². The molecule has 94 valence electrons. The van der Waals surface area contributed by atoms with E-state index in [9.17, 15) is 4.79 Å². The Morgan fingerprint density at radius 1 is 1.19 bits per heavy atom. The fourth-order valence-electron chi connectivity index (χ4n) is 1.99. The predicted octanol–water partition coefficient (Wildman–Crippen LogP) is 1.40. The first-order chi connectivity index (χ1) is 7.16. The van der Waals surface area contributed by atoms with Crippen LogP contribution < -0.4 is 11.5 Å². The largest absolute Gasteiger partial charge is 0.452 e. The first kappa shape index (κ1) is 15.1. The summed E-state index contributed by atoms with van der Waals surface area (Å²) in [6.45, 7) is 12.9. The summed E-state index contributed by atoms with van der Waals surface area (Å²) in [6, 6.07) is 0. The lowest BCUT2D eigenvalue weighted by Gasteiger charge is -2.43. The van der Waals surface area contributed by atoms with Crippen molar-refractivity contribution in [1.29, 1.82) is 0 Å². The minimum Gasteiger partial charge on any atom is -0.452 e. The highest BCUT2D eigenvalue weighted by Gasteiger charge is 2.45. The van der Waals surface area contributed by atoms with E-state index in [2.05, 4.69) is 6.58 Å². The number of hydrogen-bond acceptors (Lipinski definition) is 4. The van der Waals surface area contributed by atoms with Crippen molar-refractivity contribution in [2.45, 2.75) is 46.4 Å². The van der Waals surface area contributed by atoms with E-state index in [1.807, 2.05) is 27.7 Å². The second-order valence-electron chi connectivity index (χ2n) is 4.86. The highest BCUT2D eigenvalue weighted by molar-refractivity contribution is 5.87.